The van der Waals surface area contributed by atoms with Gasteiger partial charge < -0.3 is 10.4 Å². The monoisotopic (exact) mass is 215 g/mol. The average molecular weight is 215 g/mol. The first-order valence-corrected chi connectivity index (χ1v) is 4.49. The van der Waals surface area contributed by atoms with Crippen LogP contribution in [0.4, 0.5) is 14.5 Å². The molecular formula is C10H11F2NO2. The summed E-state index contributed by atoms with van der Waals surface area (Å²) in [5.41, 5.74) is 0.205. The van der Waals surface area contributed by atoms with Gasteiger partial charge in [-0.15, -0.1) is 0 Å². The number of hydrogen-bond donors (Lipinski definition) is 2. The minimum Gasteiger partial charge on any atom is -0.396 e. The molecule has 82 valence electrons. The Bertz CT molecular complexity index is 355. The van der Waals surface area contributed by atoms with E-state index in [1.54, 1.807) is 0 Å². The van der Waals surface area contributed by atoms with Gasteiger partial charge in [0.15, 0.2) is 11.6 Å². The Kier molecular flexibility index (Phi) is 4.17. The van der Waals surface area contributed by atoms with E-state index < -0.39 is 11.6 Å². The van der Waals surface area contributed by atoms with Crippen LogP contribution in [0.25, 0.3) is 0 Å². The number of hydrogen-bond acceptors (Lipinski definition) is 2. The zero-order valence-corrected chi connectivity index (χ0v) is 7.96. The van der Waals surface area contributed by atoms with Crippen molar-refractivity contribution in [1.82, 2.24) is 0 Å². The number of aliphatic hydroxyl groups excluding tert-OH is 1. The number of aliphatic hydroxyl groups is 1. The van der Waals surface area contributed by atoms with E-state index in [2.05, 4.69) is 5.32 Å². The van der Waals surface area contributed by atoms with E-state index >= 15 is 0 Å². The second kappa shape index (κ2) is 5.41. The fourth-order valence-corrected chi connectivity index (χ4v) is 1.04. The van der Waals surface area contributed by atoms with E-state index in [-0.39, 0.29) is 24.6 Å². The predicted octanol–water partition coefficient (Wildman–Crippen LogP) is 1.68. The smallest absolute Gasteiger partial charge is 0.224 e. The van der Waals surface area contributed by atoms with Gasteiger partial charge in [-0.05, 0) is 18.6 Å². The van der Waals surface area contributed by atoms with Gasteiger partial charge in [0.05, 0.1) is 0 Å². The maximum absolute atomic E-state index is 12.7. The third-order valence-corrected chi connectivity index (χ3v) is 1.77. The topological polar surface area (TPSA) is 49.3 Å². The Morgan fingerprint density at radius 3 is 2.67 bits per heavy atom. The van der Waals surface area contributed by atoms with E-state index in [0.29, 0.717) is 6.42 Å². The Morgan fingerprint density at radius 1 is 1.33 bits per heavy atom. The second-order valence-corrected chi connectivity index (χ2v) is 3.00. The molecule has 1 aromatic carbocycles. The fraction of sp³-hybridized carbons (Fsp3) is 0.300. The van der Waals surface area contributed by atoms with Crippen molar-refractivity contribution in [3.8, 4) is 0 Å². The highest BCUT2D eigenvalue weighted by molar-refractivity contribution is 5.90. The van der Waals surface area contributed by atoms with Crippen molar-refractivity contribution in [2.75, 3.05) is 11.9 Å². The van der Waals surface area contributed by atoms with E-state index in [0.717, 1.165) is 12.1 Å². The van der Waals surface area contributed by atoms with Gasteiger partial charge in [-0.3, -0.25) is 4.79 Å². The minimum absolute atomic E-state index is 0.0782. The van der Waals surface area contributed by atoms with Crippen molar-refractivity contribution in [3.63, 3.8) is 0 Å². The molecule has 0 fully saturated rings. The summed E-state index contributed by atoms with van der Waals surface area (Å²) in [5.74, 6) is -2.30. The van der Waals surface area contributed by atoms with Gasteiger partial charge in [0, 0.05) is 24.8 Å². The lowest BCUT2D eigenvalue weighted by atomic mass is 10.2. The first kappa shape index (κ1) is 11.6. The SMILES string of the molecule is O=C(CCCO)Nc1ccc(F)c(F)c1. The quantitative estimate of drug-likeness (QED) is 0.802. The van der Waals surface area contributed by atoms with Crippen LogP contribution in [-0.4, -0.2) is 17.6 Å². The standard InChI is InChI=1S/C10H11F2NO2/c11-8-4-3-7(6-9(8)12)13-10(15)2-1-5-14/h3-4,6,14H,1-2,5H2,(H,13,15). The van der Waals surface area contributed by atoms with Crippen LogP contribution in [0.1, 0.15) is 12.8 Å². The van der Waals surface area contributed by atoms with Crippen LogP contribution in [0.3, 0.4) is 0 Å². The molecule has 0 aliphatic rings. The highest BCUT2D eigenvalue weighted by Crippen LogP contribution is 2.13. The number of halogens is 2. The van der Waals surface area contributed by atoms with E-state index in [9.17, 15) is 13.6 Å². The van der Waals surface area contributed by atoms with Gasteiger partial charge in [-0.1, -0.05) is 0 Å². The summed E-state index contributed by atoms with van der Waals surface area (Å²) in [5, 5.41) is 10.9. The molecule has 0 saturated heterocycles. The zero-order chi connectivity index (χ0) is 11.3. The lowest BCUT2D eigenvalue weighted by molar-refractivity contribution is -0.116. The van der Waals surface area contributed by atoms with Gasteiger partial charge in [0.1, 0.15) is 0 Å². The Labute approximate surface area is 85.7 Å². The van der Waals surface area contributed by atoms with Crippen molar-refractivity contribution >= 4 is 11.6 Å². The van der Waals surface area contributed by atoms with Crippen LogP contribution in [-0.2, 0) is 4.79 Å². The van der Waals surface area contributed by atoms with Crippen LogP contribution in [0.5, 0.6) is 0 Å². The fourth-order valence-electron chi connectivity index (χ4n) is 1.04. The van der Waals surface area contributed by atoms with Crippen molar-refractivity contribution in [1.29, 1.82) is 0 Å². The summed E-state index contributed by atoms with van der Waals surface area (Å²) in [7, 11) is 0. The van der Waals surface area contributed by atoms with E-state index in [4.69, 9.17) is 5.11 Å². The largest absolute Gasteiger partial charge is 0.396 e. The molecule has 0 aliphatic carbocycles. The zero-order valence-electron chi connectivity index (χ0n) is 7.96. The summed E-state index contributed by atoms with van der Waals surface area (Å²) < 4.78 is 25.2. The van der Waals surface area contributed by atoms with Crippen LogP contribution in [0.2, 0.25) is 0 Å². The first-order valence-electron chi connectivity index (χ1n) is 4.49. The number of nitrogens with one attached hydrogen (secondary N) is 1. The summed E-state index contributed by atoms with van der Waals surface area (Å²) >= 11 is 0. The summed E-state index contributed by atoms with van der Waals surface area (Å²) in [6, 6.07) is 3.12. The third-order valence-electron chi connectivity index (χ3n) is 1.77. The summed E-state index contributed by atoms with van der Waals surface area (Å²) in [6.45, 7) is -0.0782. The van der Waals surface area contributed by atoms with Crippen molar-refractivity contribution < 1.29 is 18.7 Å². The highest BCUT2D eigenvalue weighted by Gasteiger charge is 2.05. The van der Waals surface area contributed by atoms with Crippen LogP contribution >= 0.6 is 0 Å². The number of carbonyl (C=O) groups excluding carboxylic acids is 1. The number of benzene rings is 1. The molecule has 1 amide bonds. The Morgan fingerprint density at radius 2 is 2.07 bits per heavy atom. The molecule has 3 nitrogen and oxygen atoms in total. The molecule has 1 rings (SSSR count). The third kappa shape index (κ3) is 3.63. The normalized spacial score (nSPS) is 10.1. The molecule has 0 saturated carbocycles. The van der Waals surface area contributed by atoms with Crippen molar-refractivity contribution in [2.24, 2.45) is 0 Å². The molecular weight excluding hydrogens is 204 g/mol. The average Bonchev–Trinajstić information content (AvgIpc) is 2.20. The number of anilines is 1. The van der Waals surface area contributed by atoms with Crippen LogP contribution in [0.15, 0.2) is 18.2 Å². The van der Waals surface area contributed by atoms with Gasteiger partial charge in [-0.25, -0.2) is 8.78 Å². The van der Waals surface area contributed by atoms with Crippen LogP contribution in [0, 0.1) is 11.6 Å². The summed E-state index contributed by atoms with van der Waals surface area (Å²) in [4.78, 5) is 11.1. The van der Waals surface area contributed by atoms with E-state index in [1.165, 1.54) is 6.07 Å². The molecule has 0 aliphatic heterocycles. The molecule has 0 spiro atoms. The molecule has 0 unspecified atom stereocenters. The predicted molar refractivity (Wildman–Crippen MR) is 51.3 cm³/mol. The molecule has 1 aromatic rings. The van der Waals surface area contributed by atoms with E-state index in [1.807, 2.05) is 0 Å². The molecule has 5 heteroatoms. The van der Waals surface area contributed by atoms with Gasteiger partial charge in [0.25, 0.3) is 0 Å². The van der Waals surface area contributed by atoms with Crippen molar-refractivity contribution in [2.45, 2.75) is 12.8 Å². The second-order valence-electron chi connectivity index (χ2n) is 3.00. The lowest BCUT2D eigenvalue weighted by Crippen LogP contribution is -2.12. The molecule has 0 heterocycles. The first-order chi connectivity index (χ1) is 7.13. The maximum atomic E-state index is 12.7. The summed E-state index contributed by atoms with van der Waals surface area (Å²) in [6.07, 6.45) is 0.491. The van der Waals surface area contributed by atoms with Crippen LogP contribution < -0.4 is 5.32 Å². The molecule has 0 bridgehead atoms. The molecule has 0 atom stereocenters. The molecule has 0 radical (unpaired) electrons. The Hall–Kier alpha value is -1.49. The molecule has 2 N–H and O–H groups in total. The Balaban J connectivity index is 2.57. The van der Waals surface area contributed by atoms with Gasteiger partial charge in [-0.2, -0.15) is 0 Å². The van der Waals surface area contributed by atoms with Gasteiger partial charge >= 0.3 is 0 Å². The molecule has 0 aromatic heterocycles. The minimum atomic E-state index is -1.00. The maximum Gasteiger partial charge on any atom is 0.224 e. The van der Waals surface area contributed by atoms with Crippen molar-refractivity contribution in [3.05, 3.63) is 29.8 Å². The molecule has 15 heavy (non-hydrogen) atoms. The number of amides is 1. The highest BCUT2D eigenvalue weighted by atomic mass is 19.2. The number of carbonyl (C=O) groups is 1. The number of rotatable bonds is 4. The lowest BCUT2D eigenvalue weighted by Gasteiger charge is -2.04. The van der Waals surface area contributed by atoms with Gasteiger partial charge in [0.2, 0.25) is 5.91 Å².